The molecule has 0 atom stereocenters. The summed E-state index contributed by atoms with van der Waals surface area (Å²) in [6.45, 7) is -1.00. The summed E-state index contributed by atoms with van der Waals surface area (Å²) in [7, 11) is 0. The van der Waals surface area contributed by atoms with Gasteiger partial charge in [-0.05, 0) is 0 Å². The maximum absolute atomic E-state index is 8.36. The average Bonchev–Trinajstić information content (AvgIpc) is 1.70. The lowest BCUT2D eigenvalue weighted by molar-refractivity contribution is -0.122. The van der Waals surface area contributed by atoms with Crippen molar-refractivity contribution in [3.63, 3.8) is 0 Å². The molecule has 0 radical (unpaired) electrons. The SMILES string of the molecule is O.O=CO.OCO.O[CH-]O.[OH-]. The van der Waals surface area contributed by atoms with Crippen LogP contribution in [0.25, 0.3) is 0 Å². The van der Waals surface area contributed by atoms with Gasteiger partial charge in [0.2, 0.25) is 0 Å². The second-order valence-electron chi connectivity index (χ2n) is 0.362. The maximum Gasteiger partial charge on any atom is 0.290 e. The molecule has 0 amide bonds. The zero-order chi connectivity index (χ0) is 8.12. The lowest BCUT2D eigenvalue weighted by atomic mass is 11.6. The van der Waals surface area contributed by atoms with Crippen molar-refractivity contribution < 1.29 is 41.3 Å². The normalized spacial score (nSPS) is 4.36. The fourth-order valence-electron chi connectivity index (χ4n) is 0. The lowest BCUT2D eigenvalue weighted by Gasteiger charge is -1.75. The minimum Gasteiger partial charge on any atom is -0.870 e. The van der Waals surface area contributed by atoms with E-state index in [1.54, 1.807) is 0 Å². The van der Waals surface area contributed by atoms with Crippen LogP contribution >= 0.6 is 0 Å². The standard InChI is InChI=1S/CH4O2.CH3O2.CH2O2.2H2O/c3*2-1-3;;/h2-3H,1H2;1-3H;1H,(H,2,3);2*1H2/q;-1;;;/p-1. The Kier molecular flexibility index (Phi) is 364. The van der Waals surface area contributed by atoms with Crippen molar-refractivity contribution in [3.05, 3.63) is 6.79 Å². The van der Waals surface area contributed by atoms with Gasteiger partial charge >= 0.3 is 0 Å². The molecule has 0 aromatic carbocycles. The Morgan fingerprint density at radius 2 is 1.27 bits per heavy atom. The quantitative estimate of drug-likeness (QED) is 0.153. The average molecular weight is 176 g/mol. The van der Waals surface area contributed by atoms with Crippen LogP contribution in [0.15, 0.2) is 0 Å². The van der Waals surface area contributed by atoms with Gasteiger partial charge in [0, 0.05) is 0 Å². The highest BCUT2D eigenvalue weighted by molar-refractivity contribution is 5.32. The lowest BCUT2D eigenvalue weighted by Crippen LogP contribution is -1.66. The third-order valence-electron chi connectivity index (χ3n) is 0. The van der Waals surface area contributed by atoms with Crippen molar-refractivity contribution in [2.24, 2.45) is 0 Å². The van der Waals surface area contributed by atoms with E-state index in [2.05, 4.69) is 0 Å². The Labute approximate surface area is 62.6 Å². The number of aliphatic hydroxyl groups excluding tert-OH is 2. The minimum absolute atomic E-state index is 0. The second kappa shape index (κ2) is 126. The van der Waals surface area contributed by atoms with Gasteiger partial charge in [-0.3, -0.25) is 4.79 Å². The summed E-state index contributed by atoms with van der Waals surface area (Å²) < 4.78 is 0. The molecular weight excluding hydrogens is 164 g/mol. The van der Waals surface area contributed by atoms with Crippen LogP contribution in [0.2, 0.25) is 0 Å². The topological polar surface area (TPSA) is 180 Å². The molecular formula is C3H12O8-2. The van der Waals surface area contributed by atoms with Gasteiger partial charge in [-0.25, -0.2) is 0 Å². The number of carboxylic acid groups (broad SMARTS) is 1. The van der Waals surface area contributed by atoms with E-state index in [1.807, 2.05) is 0 Å². The van der Waals surface area contributed by atoms with E-state index < -0.39 is 6.79 Å². The maximum atomic E-state index is 8.36. The first-order valence-electron chi connectivity index (χ1n) is 1.64. The Hall–Kier alpha value is -0.770. The Balaban J connectivity index is -0.0000000150. The van der Waals surface area contributed by atoms with Gasteiger partial charge in [-0.15, -0.1) is 6.79 Å². The van der Waals surface area contributed by atoms with Crippen LogP contribution in [-0.4, -0.2) is 49.8 Å². The third-order valence-corrected chi connectivity index (χ3v) is 0. The van der Waals surface area contributed by atoms with Crippen LogP contribution < -0.4 is 0 Å². The molecule has 8 nitrogen and oxygen atoms in total. The van der Waals surface area contributed by atoms with Gasteiger partial charge in [0.15, 0.2) is 0 Å². The predicted molar refractivity (Wildman–Crippen MR) is 31.7 cm³/mol. The third kappa shape index (κ3) is 814. The molecule has 0 bridgehead atoms. The first-order chi connectivity index (χ1) is 4.24. The van der Waals surface area contributed by atoms with Crippen molar-refractivity contribution in [2.45, 2.75) is 0 Å². The van der Waals surface area contributed by atoms with Gasteiger partial charge in [0.1, 0.15) is 6.79 Å². The highest BCUT2D eigenvalue weighted by Gasteiger charge is 1.32. The number of aliphatic hydroxyl groups is 4. The highest BCUT2D eigenvalue weighted by atomic mass is 16.5. The van der Waals surface area contributed by atoms with Crippen LogP contribution in [0.3, 0.4) is 0 Å². The summed E-state index contributed by atoms with van der Waals surface area (Å²) in [6, 6.07) is 0. The number of hydrogen-bond acceptors (Lipinski definition) is 6. The number of carbonyl (C=O) groups is 1. The molecule has 0 rings (SSSR count). The molecule has 8 N–H and O–H groups in total. The molecule has 0 aliphatic rings. The molecule has 0 aromatic rings. The monoisotopic (exact) mass is 176 g/mol. The summed E-state index contributed by atoms with van der Waals surface area (Å²) in [5.74, 6) is 0. The van der Waals surface area contributed by atoms with E-state index in [-0.39, 0.29) is 24.2 Å². The van der Waals surface area contributed by atoms with Gasteiger partial charge < -0.3 is 36.5 Å². The molecule has 0 aromatic heterocycles. The molecule has 0 aliphatic heterocycles. The van der Waals surface area contributed by atoms with Crippen molar-refractivity contribution in [1.29, 1.82) is 0 Å². The van der Waals surface area contributed by atoms with Crippen molar-refractivity contribution in [3.8, 4) is 0 Å². The summed E-state index contributed by atoms with van der Waals surface area (Å²) in [5, 5.41) is 35.1. The fourth-order valence-corrected chi connectivity index (χ4v) is 0. The van der Waals surface area contributed by atoms with Crippen LogP contribution in [0, 0.1) is 6.79 Å². The molecule has 8 heteroatoms. The van der Waals surface area contributed by atoms with Crippen molar-refractivity contribution in [1.82, 2.24) is 0 Å². The van der Waals surface area contributed by atoms with Gasteiger partial charge in [-0.1, -0.05) is 0 Å². The van der Waals surface area contributed by atoms with E-state index in [0.29, 0.717) is 0 Å². The Bertz CT molecular complexity index is 28.5. The summed E-state index contributed by atoms with van der Waals surface area (Å²) in [5.41, 5.74) is 0. The summed E-state index contributed by atoms with van der Waals surface area (Å²) in [6.07, 6.45) is 0. The fraction of sp³-hybridized carbons (Fsp3) is 0.333. The molecule has 0 unspecified atom stereocenters. The van der Waals surface area contributed by atoms with Crippen LogP contribution in [0.1, 0.15) is 0 Å². The van der Waals surface area contributed by atoms with E-state index in [4.69, 9.17) is 30.3 Å². The largest absolute Gasteiger partial charge is 0.870 e. The molecule has 0 heterocycles. The summed E-state index contributed by atoms with van der Waals surface area (Å²) in [4.78, 5) is 8.36. The molecule has 0 saturated carbocycles. The second-order valence-corrected chi connectivity index (χ2v) is 0.362. The smallest absolute Gasteiger partial charge is 0.290 e. The van der Waals surface area contributed by atoms with E-state index in [0.717, 1.165) is 0 Å². The molecule has 74 valence electrons. The van der Waals surface area contributed by atoms with Crippen LogP contribution in [0.5, 0.6) is 0 Å². The van der Waals surface area contributed by atoms with Crippen LogP contribution in [0.4, 0.5) is 0 Å². The highest BCUT2D eigenvalue weighted by Crippen LogP contribution is 1.32. The van der Waals surface area contributed by atoms with E-state index in [9.17, 15) is 0 Å². The molecule has 0 fully saturated rings. The molecule has 11 heavy (non-hydrogen) atoms. The van der Waals surface area contributed by atoms with Gasteiger partial charge in [0.25, 0.3) is 6.47 Å². The Morgan fingerprint density at radius 3 is 1.27 bits per heavy atom. The van der Waals surface area contributed by atoms with Crippen molar-refractivity contribution in [2.75, 3.05) is 6.79 Å². The van der Waals surface area contributed by atoms with Gasteiger partial charge in [-0.2, -0.15) is 0 Å². The zero-order valence-electron chi connectivity index (χ0n) is 5.45. The minimum atomic E-state index is -0.750. The van der Waals surface area contributed by atoms with Crippen LogP contribution in [-0.2, 0) is 4.79 Å². The van der Waals surface area contributed by atoms with Crippen molar-refractivity contribution >= 4 is 6.47 Å². The predicted octanol–water partition coefficient (Wildman–Crippen LogP) is -2.52. The molecule has 0 saturated heterocycles. The number of rotatable bonds is 0. The zero-order valence-corrected chi connectivity index (χ0v) is 5.45. The summed E-state index contributed by atoms with van der Waals surface area (Å²) >= 11 is 0. The first-order valence-corrected chi connectivity index (χ1v) is 1.64. The molecule has 0 aliphatic carbocycles. The van der Waals surface area contributed by atoms with Gasteiger partial charge in [0.05, 0.1) is 0 Å². The van der Waals surface area contributed by atoms with E-state index in [1.165, 1.54) is 0 Å². The molecule has 0 spiro atoms. The number of hydrogen-bond donors (Lipinski definition) is 5. The van der Waals surface area contributed by atoms with E-state index >= 15 is 0 Å². The first kappa shape index (κ1) is 31.9. The Morgan fingerprint density at radius 1 is 1.27 bits per heavy atom.